The number of sulfonamides is 1. The molecule has 2 aromatic carbocycles. The molecule has 2 bridgehead atoms. The molecular formula is C34H43ClN2O6S. The molecule has 1 amide bonds. The summed E-state index contributed by atoms with van der Waals surface area (Å²) in [5.41, 5.74) is 3.27. The number of hydrogen-bond donors (Lipinski definition) is 2. The van der Waals surface area contributed by atoms with Gasteiger partial charge in [-0.2, -0.15) is 0 Å². The van der Waals surface area contributed by atoms with Gasteiger partial charge < -0.3 is 19.5 Å². The summed E-state index contributed by atoms with van der Waals surface area (Å²) in [6, 6.07) is 11.1. The Morgan fingerprint density at radius 2 is 1.93 bits per heavy atom. The SMILES string of the molecule is CO[C@H]1C/C=C/[C@H](O)C2CCC2CN2CCCCc3cc(Cl)ccc3COc3ccc(cc32)C(=O)NS(=O)(=O)[C@H]1CC1CC1. The maximum atomic E-state index is 13.7. The summed E-state index contributed by atoms with van der Waals surface area (Å²) in [5, 5.41) is 11.0. The third kappa shape index (κ3) is 7.11. The van der Waals surface area contributed by atoms with Crippen molar-refractivity contribution in [1.29, 1.82) is 0 Å². The average Bonchev–Trinajstić information content (AvgIpc) is 3.80. The number of carbonyl (C=O) groups excluding carboxylic acids is 1. The summed E-state index contributed by atoms with van der Waals surface area (Å²) in [6.45, 7) is 1.80. The van der Waals surface area contributed by atoms with Crippen LogP contribution in [0, 0.1) is 17.8 Å². The molecule has 238 valence electrons. The van der Waals surface area contributed by atoms with Crippen molar-refractivity contribution in [1.82, 2.24) is 4.72 Å². The number of anilines is 1. The maximum Gasteiger partial charge on any atom is 0.264 e. The molecule has 44 heavy (non-hydrogen) atoms. The number of rotatable bonds is 3. The number of nitrogens with zero attached hydrogens (tertiary/aromatic N) is 1. The van der Waals surface area contributed by atoms with E-state index >= 15 is 0 Å². The zero-order chi connectivity index (χ0) is 30.8. The molecule has 2 fully saturated rings. The van der Waals surface area contributed by atoms with Gasteiger partial charge in [0, 0.05) is 30.8 Å². The van der Waals surface area contributed by atoms with E-state index in [1.165, 1.54) is 12.7 Å². The van der Waals surface area contributed by atoms with Crippen LogP contribution < -0.4 is 14.4 Å². The van der Waals surface area contributed by atoms with Crippen LogP contribution >= 0.6 is 11.6 Å². The van der Waals surface area contributed by atoms with Gasteiger partial charge in [0.2, 0.25) is 10.0 Å². The number of halogens is 1. The first kappa shape index (κ1) is 31.4. The van der Waals surface area contributed by atoms with E-state index in [1.807, 2.05) is 24.3 Å². The first-order valence-corrected chi connectivity index (χ1v) is 17.9. The summed E-state index contributed by atoms with van der Waals surface area (Å²) in [4.78, 5) is 15.9. The predicted molar refractivity (Wildman–Crippen MR) is 172 cm³/mol. The number of hydrogen-bond acceptors (Lipinski definition) is 7. The molecule has 4 aliphatic rings. The number of aryl methyl sites for hydroxylation is 1. The molecule has 8 nitrogen and oxygen atoms in total. The number of nitrogens with one attached hydrogen (secondary N) is 1. The molecule has 2 saturated carbocycles. The molecule has 0 saturated heterocycles. The second kappa shape index (κ2) is 13.4. The van der Waals surface area contributed by atoms with Crippen LogP contribution in [-0.4, -0.2) is 57.1 Å². The normalized spacial score (nSPS) is 29.9. The Balaban J connectivity index is 1.38. The van der Waals surface area contributed by atoms with Gasteiger partial charge in [-0.3, -0.25) is 4.79 Å². The highest BCUT2D eigenvalue weighted by Crippen LogP contribution is 2.41. The zero-order valence-corrected chi connectivity index (χ0v) is 26.9. The molecule has 2 heterocycles. The lowest BCUT2D eigenvalue weighted by Crippen LogP contribution is -2.45. The summed E-state index contributed by atoms with van der Waals surface area (Å²) < 4.78 is 42.0. The highest BCUT2D eigenvalue weighted by Gasteiger charge is 2.40. The fraction of sp³-hybridized carbons (Fsp3) is 0.559. The molecule has 2 aromatic rings. The van der Waals surface area contributed by atoms with Gasteiger partial charge in [-0.25, -0.2) is 13.1 Å². The van der Waals surface area contributed by atoms with E-state index in [4.69, 9.17) is 21.1 Å². The summed E-state index contributed by atoms with van der Waals surface area (Å²) in [7, 11) is -2.55. The molecular weight excluding hydrogens is 600 g/mol. The van der Waals surface area contributed by atoms with Crippen LogP contribution in [0.5, 0.6) is 5.75 Å². The van der Waals surface area contributed by atoms with E-state index < -0.39 is 33.4 Å². The van der Waals surface area contributed by atoms with E-state index in [1.54, 1.807) is 24.3 Å². The number of methoxy groups -OCH3 is 1. The van der Waals surface area contributed by atoms with Crippen LogP contribution in [0.3, 0.4) is 0 Å². The average molecular weight is 643 g/mol. The minimum absolute atomic E-state index is 0.103. The van der Waals surface area contributed by atoms with Crippen molar-refractivity contribution < 1.29 is 27.8 Å². The minimum atomic E-state index is -4.06. The highest BCUT2D eigenvalue weighted by atomic mass is 35.5. The molecule has 0 spiro atoms. The van der Waals surface area contributed by atoms with Gasteiger partial charge in [0.25, 0.3) is 5.91 Å². The van der Waals surface area contributed by atoms with Gasteiger partial charge in [0.1, 0.15) is 17.6 Å². The topological polar surface area (TPSA) is 105 Å². The van der Waals surface area contributed by atoms with E-state index in [2.05, 4.69) is 9.62 Å². The van der Waals surface area contributed by atoms with Crippen LogP contribution in [0.2, 0.25) is 5.02 Å². The number of amides is 1. The number of aliphatic hydroxyl groups excluding tert-OH is 1. The third-order valence-electron chi connectivity index (χ3n) is 9.92. The van der Waals surface area contributed by atoms with Crippen molar-refractivity contribution in [3.8, 4) is 5.75 Å². The standard InChI is InChI=1S/C34H43ClN2O6S/c1-42-32-7-4-6-30(38)28-14-11-25(28)20-37-16-3-2-5-23-18-27(35)13-10-26(23)21-43-31-15-12-24(19-29(31)37)34(39)36-44(40,41)33(32)17-22-8-9-22/h4,6,10,12-13,15,18-19,22,25,28,30,32-33,38H,2-3,5,7-9,11,14,16-17,20-21H2,1H3,(H,36,39)/b6-4+/t25?,28?,30-,32-,33-/m0/s1. The van der Waals surface area contributed by atoms with Crippen molar-refractivity contribution >= 4 is 33.2 Å². The van der Waals surface area contributed by atoms with Gasteiger partial charge in [-0.05, 0) is 104 Å². The van der Waals surface area contributed by atoms with Crippen LogP contribution in [0.4, 0.5) is 5.69 Å². The number of ether oxygens (including phenoxy) is 2. The van der Waals surface area contributed by atoms with Gasteiger partial charge in [0.15, 0.2) is 0 Å². The molecule has 6 rings (SSSR count). The van der Waals surface area contributed by atoms with Crippen molar-refractivity contribution in [2.24, 2.45) is 17.8 Å². The summed E-state index contributed by atoms with van der Waals surface area (Å²) in [5.74, 6) is 0.662. The van der Waals surface area contributed by atoms with Crippen molar-refractivity contribution in [2.45, 2.75) is 81.9 Å². The lowest BCUT2D eigenvalue weighted by Gasteiger charge is -2.42. The lowest BCUT2D eigenvalue weighted by atomic mass is 9.70. The smallest absolute Gasteiger partial charge is 0.264 e. The molecule has 0 aromatic heterocycles. The van der Waals surface area contributed by atoms with Crippen LogP contribution in [-0.2, 0) is 27.8 Å². The quantitative estimate of drug-likeness (QED) is 0.417. The molecule has 5 atom stereocenters. The minimum Gasteiger partial charge on any atom is -0.487 e. The van der Waals surface area contributed by atoms with Gasteiger partial charge >= 0.3 is 0 Å². The Kier molecular flexibility index (Phi) is 9.57. The Morgan fingerprint density at radius 1 is 1.09 bits per heavy atom. The van der Waals surface area contributed by atoms with Gasteiger partial charge in [-0.15, -0.1) is 0 Å². The van der Waals surface area contributed by atoms with Crippen molar-refractivity contribution in [2.75, 3.05) is 25.1 Å². The van der Waals surface area contributed by atoms with Crippen LogP contribution in [0.1, 0.15) is 72.9 Å². The zero-order valence-electron chi connectivity index (χ0n) is 25.3. The van der Waals surface area contributed by atoms with Crippen molar-refractivity contribution in [3.05, 3.63) is 70.3 Å². The predicted octanol–water partition coefficient (Wildman–Crippen LogP) is 5.65. The second-order valence-corrected chi connectivity index (χ2v) is 15.2. The summed E-state index contributed by atoms with van der Waals surface area (Å²) >= 11 is 6.32. The number of benzene rings is 2. The highest BCUT2D eigenvalue weighted by molar-refractivity contribution is 7.90. The monoisotopic (exact) mass is 642 g/mol. The first-order chi connectivity index (χ1) is 21.2. The number of aliphatic hydroxyl groups is 1. The fourth-order valence-corrected chi connectivity index (χ4v) is 8.82. The van der Waals surface area contributed by atoms with Crippen molar-refractivity contribution in [3.63, 3.8) is 0 Å². The van der Waals surface area contributed by atoms with E-state index in [0.29, 0.717) is 42.7 Å². The molecule has 10 heteroatoms. The summed E-state index contributed by atoms with van der Waals surface area (Å²) in [6.07, 6.45) is 9.82. The molecule has 2 N–H and O–H groups in total. The Bertz CT molecular complexity index is 1490. The Morgan fingerprint density at radius 3 is 2.68 bits per heavy atom. The number of carbonyl (C=O) groups is 1. The fourth-order valence-electron chi connectivity index (χ4n) is 6.95. The second-order valence-electron chi connectivity index (χ2n) is 12.9. The third-order valence-corrected chi connectivity index (χ3v) is 11.9. The first-order valence-electron chi connectivity index (χ1n) is 15.9. The van der Waals surface area contributed by atoms with E-state index in [0.717, 1.165) is 62.7 Å². The Hall–Kier alpha value is -2.59. The largest absolute Gasteiger partial charge is 0.487 e. The van der Waals surface area contributed by atoms with E-state index in [9.17, 15) is 18.3 Å². The van der Waals surface area contributed by atoms with Crippen LogP contribution in [0.15, 0.2) is 48.6 Å². The maximum absolute atomic E-state index is 13.7. The molecule has 2 aliphatic heterocycles. The van der Waals surface area contributed by atoms with Gasteiger partial charge in [-0.1, -0.05) is 42.7 Å². The molecule has 2 unspecified atom stereocenters. The Labute approximate surface area is 265 Å². The van der Waals surface area contributed by atoms with Gasteiger partial charge in [0.05, 0.1) is 17.9 Å². The lowest BCUT2D eigenvalue weighted by molar-refractivity contribution is 0.0456. The molecule has 0 radical (unpaired) electrons. The van der Waals surface area contributed by atoms with Crippen LogP contribution in [0.25, 0.3) is 0 Å². The van der Waals surface area contributed by atoms with E-state index in [-0.39, 0.29) is 17.4 Å². The molecule has 2 aliphatic carbocycles. The number of fused-ring (bicyclic) bond motifs is 3.